The minimum absolute atomic E-state index is 0.0377. The molecule has 0 amide bonds. The summed E-state index contributed by atoms with van der Waals surface area (Å²) in [4.78, 5) is 12.4. The van der Waals surface area contributed by atoms with E-state index < -0.39 is 5.60 Å². The van der Waals surface area contributed by atoms with Gasteiger partial charge in [0.25, 0.3) is 0 Å². The van der Waals surface area contributed by atoms with Crippen LogP contribution in [0.15, 0.2) is 60.2 Å². The molecular formula is C22H28O3. The van der Waals surface area contributed by atoms with E-state index in [2.05, 4.69) is 6.92 Å². The van der Waals surface area contributed by atoms with E-state index in [4.69, 9.17) is 4.74 Å². The summed E-state index contributed by atoms with van der Waals surface area (Å²) in [6.07, 6.45) is 11.9. The highest BCUT2D eigenvalue weighted by Crippen LogP contribution is 2.27. The van der Waals surface area contributed by atoms with E-state index in [0.717, 1.165) is 12.0 Å². The highest BCUT2D eigenvalue weighted by Gasteiger charge is 2.30. The van der Waals surface area contributed by atoms with Crippen LogP contribution in [0.5, 0.6) is 0 Å². The highest BCUT2D eigenvalue weighted by atomic mass is 16.5. The summed E-state index contributed by atoms with van der Waals surface area (Å²) in [7, 11) is 0. The maximum Gasteiger partial charge on any atom is 0.166 e. The Morgan fingerprint density at radius 3 is 2.68 bits per heavy atom. The molecule has 0 saturated heterocycles. The molecule has 0 radical (unpaired) electrons. The minimum Gasteiger partial charge on any atom is -0.507 e. The van der Waals surface area contributed by atoms with Crippen LogP contribution in [0.25, 0.3) is 5.76 Å². The number of allylic oxidation sites excluding steroid dienone is 4. The second kappa shape index (κ2) is 9.38. The van der Waals surface area contributed by atoms with Crippen LogP contribution in [0.4, 0.5) is 0 Å². The Labute approximate surface area is 150 Å². The summed E-state index contributed by atoms with van der Waals surface area (Å²) in [5.74, 6) is 0.186. The predicted molar refractivity (Wildman–Crippen MR) is 102 cm³/mol. The van der Waals surface area contributed by atoms with Gasteiger partial charge in [0.1, 0.15) is 5.76 Å². The molecule has 1 unspecified atom stereocenters. The third-order valence-electron chi connectivity index (χ3n) is 4.37. The van der Waals surface area contributed by atoms with Gasteiger partial charge in [-0.3, -0.25) is 4.79 Å². The number of benzene rings is 1. The molecule has 2 rings (SSSR count). The molecule has 0 bridgehead atoms. The first-order valence-electron chi connectivity index (χ1n) is 9.07. The molecule has 25 heavy (non-hydrogen) atoms. The van der Waals surface area contributed by atoms with E-state index in [-0.39, 0.29) is 11.5 Å². The molecule has 1 atom stereocenters. The SMILES string of the molecule is CCCCCCOC1(C)C=C/C(=C\C=C(/O)c2ccccc2)C(=O)C1. The fraction of sp³-hybridized carbons (Fsp3) is 0.409. The van der Waals surface area contributed by atoms with Gasteiger partial charge in [0.15, 0.2) is 5.78 Å². The van der Waals surface area contributed by atoms with Gasteiger partial charge in [-0.1, -0.05) is 68.7 Å². The van der Waals surface area contributed by atoms with Crippen LogP contribution in [-0.2, 0) is 9.53 Å². The van der Waals surface area contributed by atoms with E-state index in [1.165, 1.54) is 19.3 Å². The number of Topliss-reactive ketones (excluding diaryl/α,β-unsaturated/α-hetero) is 1. The van der Waals surface area contributed by atoms with Crippen LogP contribution in [-0.4, -0.2) is 23.1 Å². The van der Waals surface area contributed by atoms with Gasteiger partial charge < -0.3 is 9.84 Å². The van der Waals surface area contributed by atoms with Crippen molar-refractivity contribution in [2.24, 2.45) is 0 Å². The molecule has 134 valence electrons. The van der Waals surface area contributed by atoms with Gasteiger partial charge in [-0.2, -0.15) is 0 Å². The average molecular weight is 340 g/mol. The maximum absolute atomic E-state index is 12.4. The molecule has 0 aliphatic heterocycles. The fourth-order valence-corrected chi connectivity index (χ4v) is 2.79. The predicted octanol–water partition coefficient (Wildman–Crippen LogP) is 5.40. The van der Waals surface area contributed by atoms with Crippen molar-refractivity contribution in [1.29, 1.82) is 0 Å². The number of aliphatic hydroxyl groups excluding tert-OH is 1. The molecule has 1 N–H and O–H groups in total. The average Bonchev–Trinajstić information content (AvgIpc) is 2.61. The first kappa shape index (κ1) is 19.2. The van der Waals surface area contributed by atoms with Crippen molar-refractivity contribution in [3.8, 4) is 0 Å². The van der Waals surface area contributed by atoms with E-state index in [0.29, 0.717) is 18.6 Å². The van der Waals surface area contributed by atoms with Crippen molar-refractivity contribution in [1.82, 2.24) is 0 Å². The molecule has 1 aromatic rings. The van der Waals surface area contributed by atoms with Gasteiger partial charge in [-0.05, 0) is 25.5 Å². The smallest absolute Gasteiger partial charge is 0.166 e. The number of aliphatic hydroxyl groups is 1. The van der Waals surface area contributed by atoms with Crippen LogP contribution in [0, 0.1) is 0 Å². The van der Waals surface area contributed by atoms with Gasteiger partial charge in [0, 0.05) is 24.2 Å². The lowest BCUT2D eigenvalue weighted by Crippen LogP contribution is -2.33. The number of unbranched alkanes of at least 4 members (excludes halogenated alkanes) is 3. The largest absolute Gasteiger partial charge is 0.507 e. The van der Waals surface area contributed by atoms with Crippen LogP contribution < -0.4 is 0 Å². The van der Waals surface area contributed by atoms with Crippen molar-refractivity contribution in [2.75, 3.05) is 6.61 Å². The molecule has 3 nitrogen and oxygen atoms in total. The summed E-state index contributed by atoms with van der Waals surface area (Å²) in [6.45, 7) is 4.82. The van der Waals surface area contributed by atoms with Crippen molar-refractivity contribution in [3.63, 3.8) is 0 Å². The zero-order valence-electron chi connectivity index (χ0n) is 15.2. The Kier molecular flexibility index (Phi) is 7.20. The Morgan fingerprint density at radius 1 is 1.24 bits per heavy atom. The number of hydrogen-bond donors (Lipinski definition) is 1. The van der Waals surface area contributed by atoms with E-state index in [1.54, 1.807) is 18.2 Å². The summed E-state index contributed by atoms with van der Waals surface area (Å²) in [5, 5.41) is 10.1. The monoisotopic (exact) mass is 340 g/mol. The number of carbonyl (C=O) groups excluding carboxylic acids is 1. The summed E-state index contributed by atoms with van der Waals surface area (Å²) >= 11 is 0. The molecule has 0 saturated carbocycles. The van der Waals surface area contributed by atoms with Crippen molar-refractivity contribution in [2.45, 2.75) is 51.6 Å². The van der Waals surface area contributed by atoms with Gasteiger partial charge >= 0.3 is 0 Å². The first-order valence-corrected chi connectivity index (χ1v) is 9.07. The van der Waals surface area contributed by atoms with Gasteiger partial charge in [0.05, 0.1) is 5.60 Å². The zero-order chi connectivity index (χ0) is 18.1. The number of ketones is 1. The lowest BCUT2D eigenvalue weighted by atomic mass is 9.88. The standard InChI is InChI=1S/C22H28O3/c1-3-4-5-9-16-25-22(2)15-14-19(21(24)17-22)12-13-20(23)18-10-7-6-8-11-18/h6-8,10-15,23H,3-5,9,16-17H2,1-2H3/b19-12+,20-13-. The number of rotatable bonds is 8. The van der Waals surface area contributed by atoms with E-state index in [9.17, 15) is 9.90 Å². The van der Waals surface area contributed by atoms with Crippen LogP contribution >= 0.6 is 0 Å². The second-order valence-electron chi connectivity index (χ2n) is 6.70. The summed E-state index contributed by atoms with van der Waals surface area (Å²) in [6, 6.07) is 9.27. The van der Waals surface area contributed by atoms with Crippen LogP contribution in [0.1, 0.15) is 51.5 Å². The topological polar surface area (TPSA) is 46.5 Å². The molecule has 0 spiro atoms. The molecular weight excluding hydrogens is 312 g/mol. The molecule has 1 aliphatic carbocycles. The third-order valence-corrected chi connectivity index (χ3v) is 4.37. The number of hydrogen-bond acceptors (Lipinski definition) is 3. The van der Waals surface area contributed by atoms with Crippen LogP contribution in [0.3, 0.4) is 0 Å². The zero-order valence-corrected chi connectivity index (χ0v) is 15.2. The normalized spacial score (nSPS) is 22.6. The van der Waals surface area contributed by atoms with E-state index >= 15 is 0 Å². The summed E-state index contributed by atoms with van der Waals surface area (Å²) in [5.41, 5.74) is 0.799. The molecule has 1 aromatic carbocycles. The highest BCUT2D eigenvalue weighted by molar-refractivity contribution is 6.00. The fourth-order valence-electron chi connectivity index (χ4n) is 2.79. The van der Waals surface area contributed by atoms with Gasteiger partial charge in [-0.25, -0.2) is 0 Å². The molecule has 0 fully saturated rings. The Balaban J connectivity index is 1.97. The first-order chi connectivity index (χ1) is 12.0. The number of carbonyl (C=O) groups is 1. The van der Waals surface area contributed by atoms with Gasteiger partial charge in [0.2, 0.25) is 0 Å². The van der Waals surface area contributed by atoms with Crippen molar-refractivity contribution in [3.05, 3.63) is 65.8 Å². The summed E-state index contributed by atoms with van der Waals surface area (Å²) < 4.78 is 5.93. The van der Waals surface area contributed by atoms with Gasteiger partial charge in [-0.15, -0.1) is 0 Å². The van der Waals surface area contributed by atoms with Crippen LogP contribution in [0.2, 0.25) is 0 Å². The number of ether oxygens (including phenoxy) is 1. The third kappa shape index (κ3) is 6.02. The molecule has 0 aromatic heterocycles. The Morgan fingerprint density at radius 2 is 2.00 bits per heavy atom. The quantitative estimate of drug-likeness (QED) is 0.392. The lowest BCUT2D eigenvalue weighted by Gasteiger charge is -2.29. The molecule has 1 aliphatic rings. The maximum atomic E-state index is 12.4. The Bertz CT molecular complexity index is 655. The van der Waals surface area contributed by atoms with Crippen molar-refractivity contribution < 1.29 is 14.6 Å². The molecule has 0 heterocycles. The van der Waals surface area contributed by atoms with Crippen molar-refractivity contribution >= 4 is 11.5 Å². The van der Waals surface area contributed by atoms with E-state index in [1.807, 2.05) is 43.3 Å². The Hall–Kier alpha value is -2.13. The lowest BCUT2D eigenvalue weighted by molar-refractivity contribution is -0.120. The second-order valence-corrected chi connectivity index (χ2v) is 6.70. The molecule has 3 heteroatoms. The minimum atomic E-state index is -0.522.